The fourth-order valence-electron chi connectivity index (χ4n) is 9.56. The Morgan fingerprint density at radius 2 is 1.55 bits per heavy atom. The number of esters is 3. The first kappa shape index (κ1) is 42.9. The van der Waals surface area contributed by atoms with Crippen molar-refractivity contribution in [2.45, 2.75) is 128 Å². The molecule has 2 aromatic rings. The highest BCUT2D eigenvalue weighted by molar-refractivity contribution is 5.94. The van der Waals surface area contributed by atoms with Crippen LogP contribution in [0.2, 0.25) is 0 Å². The Kier molecular flexibility index (Phi) is 11.2. The highest BCUT2D eigenvalue weighted by Crippen LogP contribution is 2.64. The van der Waals surface area contributed by atoms with E-state index in [4.69, 9.17) is 23.7 Å². The topological polar surface area (TPSA) is 224 Å². The van der Waals surface area contributed by atoms with E-state index in [1.54, 1.807) is 83.1 Å². The van der Waals surface area contributed by atoms with Gasteiger partial charge in [0.1, 0.15) is 35.6 Å². The molecule has 314 valence electrons. The van der Waals surface area contributed by atoms with Crippen molar-refractivity contribution >= 4 is 29.8 Å². The molecule has 3 fully saturated rings. The number of carbonyl (C=O) groups is 5. The minimum atomic E-state index is -2.35. The molecule has 6 rings (SSSR count). The molecule has 11 atom stereocenters. The molecule has 0 aromatic heterocycles. The molecule has 15 heteroatoms. The summed E-state index contributed by atoms with van der Waals surface area (Å²) in [6.07, 6.45) is -11.5. The van der Waals surface area contributed by atoms with Crippen molar-refractivity contribution in [2.24, 2.45) is 16.7 Å². The van der Waals surface area contributed by atoms with Crippen LogP contribution in [0, 0.1) is 16.7 Å². The molecule has 15 nitrogen and oxygen atoms in total. The Labute approximate surface area is 336 Å². The Hall–Kier alpha value is -4.67. The lowest BCUT2D eigenvalue weighted by molar-refractivity contribution is -0.346. The third-order valence-electron chi connectivity index (χ3n) is 12.6. The molecule has 2 aromatic carbocycles. The number of alkyl carbamates (subject to hydrolysis) is 1. The SMILES string of the molecule is CC1=C2[C@@H](O)C(=O)[C@@]3(C)C(C(OC(=O)c4ccccc4)[C@](O)(C[C@@H]1OC(=O)C(O)C(NC(=O)OC(C)(C)C)c1ccccc1)C2(C)C)[C@]1(OC([11CH3])=O)CO[C@@H]1C[C@@H]3O. The summed E-state index contributed by atoms with van der Waals surface area (Å²) in [7, 11) is 0. The summed E-state index contributed by atoms with van der Waals surface area (Å²) in [5, 5.41) is 51.6. The van der Waals surface area contributed by atoms with E-state index in [-0.39, 0.29) is 29.7 Å². The number of fused-ring (bicyclic) bond motifs is 5. The number of hydrogen-bond donors (Lipinski definition) is 5. The van der Waals surface area contributed by atoms with Gasteiger partial charge < -0.3 is 49.4 Å². The van der Waals surface area contributed by atoms with Crippen molar-refractivity contribution in [3.63, 3.8) is 0 Å². The molecule has 2 bridgehead atoms. The smallest absolute Gasteiger partial charge is 0.408 e. The van der Waals surface area contributed by atoms with E-state index in [2.05, 4.69) is 5.32 Å². The fourth-order valence-corrected chi connectivity index (χ4v) is 9.56. The predicted molar refractivity (Wildman–Crippen MR) is 204 cm³/mol. The van der Waals surface area contributed by atoms with E-state index < -0.39 is 112 Å². The lowest BCUT2D eigenvalue weighted by Crippen LogP contribution is -2.81. The van der Waals surface area contributed by atoms with Gasteiger partial charge in [0.25, 0.3) is 0 Å². The van der Waals surface area contributed by atoms with Crippen molar-refractivity contribution in [1.82, 2.24) is 5.32 Å². The quantitative estimate of drug-likeness (QED) is 0.147. The van der Waals surface area contributed by atoms with Crippen molar-refractivity contribution in [1.29, 1.82) is 0 Å². The minimum Gasteiger partial charge on any atom is -0.456 e. The van der Waals surface area contributed by atoms with Crippen LogP contribution in [0.15, 0.2) is 71.8 Å². The number of aliphatic hydroxyl groups is 4. The Morgan fingerprint density at radius 3 is 2.10 bits per heavy atom. The van der Waals surface area contributed by atoms with Gasteiger partial charge in [-0.3, -0.25) is 9.59 Å². The van der Waals surface area contributed by atoms with E-state index >= 15 is 0 Å². The molecule has 2 saturated carbocycles. The normalized spacial score (nSPS) is 33.7. The van der Waals surface area contributed by atoms with Crippen LogP contribution in [-0.4, -0.2) is 110 Å². The number of carbonyl (C=O) groups excluding carboxylic acids is 5. The molecule has 1 heterocycles. The number of ketones is 1. The predicted octanol–water partition coefficient (Wildman–Crippen LogP) is 3.26. The number of Topliss-reactive ketones (excluding diaryl/α,β-unsaturated/α-hetero) is 1. The summed E-state index contributed by atoms with van der Waals surface area (Å²) in [6, 6.07) is 14.6. The maximum absolute atomic E-state index is 14.9. The van der Waals surface area contributed by atoms with Crippen LogP contribution in [0.5, 0.6) is 0 Å². The van der Waals surface area contributed by atoms with Gasteiger partial charge in [-0.25, -0.2) is 14.4 Å². The molecular weight excluding hydrogens is 753 g/mol. The van der Waals surface area contributed by atoms with Gasteiger partial charge in [-0.2, -0.15) is 0 Å². The zero-order chi connectivity index (χ0) is 42.7. The zero-order valence-electron chi connectivity index (χ0n) is 33.9. The largest absolute Gasteiger partial charge is 0.456 e. The molecule has 3 aliphatic carbocycles. The monoisotopic (exact) mass is 806 g/mol. The van der Waals surface area contributed by atoms with Gasteiger partial charge in [-0.05, 0) is 63.5 Å². The molecule has 1 aliphatic heterocycles. The fraction of sp³-hybridized carbons (Fsp3) is 0.558. The summed E-state index contributed by atoms with van der Waals surface area (Å²) >= 11 is 0. The van der Waals surface area contributed by atoms with Crippen molar-refractivity contribution < 1.29 is 68.1 Å². The van der Waals surface area contributed by atoms with Gasteiger partial charge in [-0.15, -0.1) is 0 Å². The lowest BCUT2D eigenvalue weighted by atomic mass is 9.44. The third kappa shape index (κ3) is 7.10. The number of aliphatic hydroxyl groups excluding tert-OH is 3. The van der Waals surface area contributed by atoms with Crippen LogP contribution >= 0.6 is 0 Å². The lowest BCUT2D eigenvalue weighted by Gasteiger charge is -2.67. The summed E-state index contributed by atoms with van der Waals surface area (Å²) in [4.78, 5) is 68.9. The maximum Gasteiger partial charge on any atom is 0.408 e. The second kappa shape index (κ2) is 15.2. The van der Waals surface area contributed by atoms with Crippen molar-refractivity contribution in [3.05, 3.63) is 82.9 Å². The molecule has 4 unspecified atom stereocenters. The number of nitrogens with one attached hydrogen (secondary N) is 1. The van der Waals surface area contributed by atoms with E-state index in [9.17, 15) is 44.4 Å². The second-order valence-corrected chi connectivity index (χ2v) is 17.6. The summed E-state index contributed by atoms with van der Waals surface area (Å²) < 4.78 is 29.5. The molecule has 58 heavy (non-hydrogen) atoms. The number of hydrogen-bond acceptors (Lipinski definition) is 14. The Morgan fingerprint density at radius 1 is 0.948 bits per heavy atom. The van der Waals surface area contributed by atoms with Crippen molar-refractivity contribution in [3.8, 4) is 0 Å². The van der Waals surface area contributed by atoms with E-state index in [0.29, 0.717) is 5.56 Å². The van der Waals surface area contributed by atoms with Crippen LogP contribution in [0.25, 0.3) is 0 Å². The zero-order valence-corrected chi connectivity index (χ0v) is 33.9. The molecule has 1 amide bonds. The van der Waals surface area contributed by atoms with Crippen LogP contribution in [0.3, 0.4) is 0 Å². The molecule has 0 radical (unpaired) electrons. The Balaban J connectivity index is 1.49. The first-order chi connectivity index (χ1) is 27.0. The molecular formula is C43H53NO14. The summed E-state index contributed by atoms with van der Waals surface area (Å²) in [6.45, 7) is 11.8. The van der Waals surface area contributed by atoms with Gasteiger partial charge in [-0.1, -0.05) is 62.4 Å². The van der Waals surface area contributed by atoms with Crippen LogP contribution < -0.4 is 5.32 Å². The van der Waals surface area contributed by atoms with Crippen LogP contribution in [-0.2, 0) is 38.1 Å². The third-order valence-corrected chi connectivity index (χ3v) is 12.6. The van der Waals surface area contributed by atoms with Gasteiger partial charge >= 0.3 is 24.0 Å². The van der Waals surface area contributed by atoms with Crippen molar-refractivity contribution in [2.75, 3.05) is 6.61 Å². The summed E-state index contributed by atoms with van der Waals surface area (Å²) in [5.41, 5.74) is -8.14. The first-order valence-electron chi connectivity index (χ1n) is 19.3. The van der Waals surface area contributed by atoms with Gasteiger partial charge in [0.15, 0.2) is 17.5 Å². The molecule has 1 saturated heterocycles. The summed E-state index contributed by atoms with van der Waals surface area (Å²) in [5.74, 6) is -5.36. The average Bonchev–Trinajstić information content (AvgIpc) is 3.14. The number of amides is 1. The van der Waals surface area contributed by atoms with E-state index in [1.807, 2.05) is 0 Å². The average molecular weight is 807 g/mol. The second-order valence-electron chi connectivity index (χ2n) is 17.6. The van der Waals surface area contributed by atoms with E-state index in [0.717, 1.165) is 6.92 Å². The molecule has 5 N–H and O–H groups in total. The highest BCUT2D eigenvalue weighted by atomic mass is 16.6. The molecule has 4 aliphatic rings. The highest BCUT2D eigenvalue weighted by Gasteiger charge is 2.78. The Bertz CT molecular complexity index is 1980. The minimum absolute atomic E-state index is 0.0637. The number of benzene rings is 2. The number of ether oxygens (including phenoxy) is 5. The van der Waals surface area contributed by atoms with Gasteiger partial charge in [0.2, 0.25) is 0 Å². The van der Waals surface area contributed by atoms with E-state index in [1.165, 1.54) is 26.0 Å². The van der Waals surface area contributed by atoms with Crippen LogP contribution in [0.4, 0.5) is 4.79 Å². The first-order valence-corrected chi connectivity index (χ1v) is 19.3. The van der Waals surface area contributed by atoms with Crippen LogP contribution in [0.1, 0.15) is 90.2 Å². The van der Waals surface area contributed by atoms with Gasteiger partial charge in [0, 0.05) is 25.2 Å². The van der Waals surface area contributed by atoms with Gasteiger partial charge in [0.05, 0.1) is 35.6 Å². The standard InChI is InChI=1S/C43H53NO14/c1-22-26(55-37(51)32(48)30(24-15-11-9-12-16-24)44-38(52)58-39(3,4)5)20-43(53)35(56-36(50)25-17-13-10-14-18-25)33-41(8,34(49)31(47)29(22)40(43,6)7)27(46)19-28-42(33,21-54-28)57-23(2)45/h9-18,26-28,30-33,35,46-48,53H,19-21H2,1-8H3,(H,44,52)/t26-,27-,28+,30?,31+,32?,33?,35?,41+,42-,43+/m0/s1/i2-1. The maximum atomic E-state index is 14.9. The number of rotatable bonds is 8. The molecule has 0 spiro atoms.